The van der Waals surface area contributed by atoms with E-state index in [-0.39, 0.29) is 5.91 Å². The van der Waals surface area contributed by atoms with Crippen molar-refractivity contribution < 1.29 is 9.90 Å². The molecule has 1 amide bonds. The van der Waals surface area contributed by atoms with Crippen LogP contribution in [0.15, 0.2) is 0 Å². The molecule has 3 heteroatoms. The molecule has 0 aromatic heterocycles. The summed E-state index contributed by atoms with van der Waals surface area (Å²) in [4.78, 5) is 13.3. The van der Waals surface area contributed by atoms with Gasteiger partial charge < -0.3 is 10.0 Å². The standard InChI is InChI=1S/C10H19NO2/c1-8-5-3-4-6-11(7-8)10(13)9(2)12/h8-9,12H,3-7H2,1-2H3/t8?,9-/m0/s1. The molecule has 1 rings (SSSR count). The molecule has 3 nitrogen and oxygen atoms in total. The van der Waals surface area contributed by atoms with Crippen molar-refractivity contribution in [2.75, 3.05) is 13.1 Å². The largest absolute Gasteiger partial charge is 0.384 e. The second-order valence-electron chi connectivity index (χ2n) is 4.06. The van der Waals surface area contributed by atoms with Crippen molar-refractivity contribution in [2.24, 2.45) is 5.92 Å². The summed E-state index contributed by atoms with van der Waals surface area (Å²) in [5.41, 5.74) is 0. The second-order valence-corrected chi connectivity index (χ2v) is 4.06. The maximum Gasteiger partial charge on any atom is 0.251 e. The van der Waals surface area contributed by atoms with Crippen LogP contribution in [0.4, 0.5) is 0 Å². The smallest absolute Gasteiger partial charge is 0.251 e. The molecule has 1 saturated heterocycles. The Morgan fingerprint density at radius 1 is 1.54 bits per heavy atom. The first kappa shape index (κ1) is 10.5. The summed E-state index contributed by atoms with van der Waals surface area (Å²) < 4.78 is 0. The highest BCUT2D eigenvalue weighted by Crippen LogP contribution is 2.16. The van der Waals surface area contributed by atoms with E-state index >= 15 is 0 Å². The van der Waals surface area contributed by atoms with Gasteiger partial charge in [0, 0.05) is 13.1 Å². The van der Waals surface area contributed by atoms with Crippen molar-refractivity contribution in [1.82, 2.24) is 4.90 Å². The van der Waals surface area contributed by atoms with Gasteiger partial charge in [0.1, 0.15) is 6.10 Å². The van der Waals surface area contributed by atoms with Gasteiger partial charge in [-0.1, -0.05) is 13.3 Å². The Kier molecular flexibility index (Phi) is 3.72. The average molecular weight is 185 g/mol. The van der Waals surface area contributed by atoms with Crippen LogP contribution in [0.5, 0.6) is 0 Å². The van der Waals surface area contributed by atoms with Crippen molar-refractivity contribution in [1.29, 1.82) is 0 Å². The summed E-state index contributed by atoms with van der Waals surface area (Å²) >= 11 is 0. The van der Waals surface area contributed by atoms with Gasteiger partial charge in [0.2, 0.25) is 0 Å². The van der Waals surface area contributed by atoms with E-state index in [0.717, 1.165) is 19.5 Å². The van der Waals surface area contributed by atoms with Crippen molar-refractivity contribution >= 4 is 5.91 Å². The number of carbonyl (C=O) groups is 1. The third kappa shape index (κ3) is 2.99. The van der Waals surface area contributed by atoms with Gasteiger partial charge in [0.15, 0.2) is 0 Å². The van der Waals surface area contributed by atoms with Gasteiger partial charge in [0.25, 0.3) is 5.91 Å². The van der Waals surface area contributed by atoms with Gasteiger partial charge in [-0.25, -0.2) is 0 Å². The van der Waals surface area contributed by atoms with E-state index in [4.69, 9.17) is 5.11 Å². The Morgan fingerprint density at radius 3 is 2.85 bits per heavy atom. The van der Waals surface area contributed by atoms with Crippen LogP contribution in [0.1, 0.15) is 33.1 Å². The lowest BCUT2D eigenvalue weighted by atomic mass is 10.1. The topological polar surface area (TPSA) is 40.5 Å². The molecule has 2 atom stereocenters. The number of hydrogen-bond donors (Lipinski definition) is 1. The number of carbonyl (C=O) groups excluding carboxylic acids is 1. The number of rotatable bonds is 1. The summed E-state index contributed by atoms with van der Waals surface area (Å²) in [6.07, 6.45) is 2.63. The Labute approximate surface area is 79.7 Å². The van der Waals surface area contributed by atoms with Crippen molar-refractivity contribution in [3.63, 3.8) is 0 Å². The molecule has 0 aromatic carbocycles. The van der Waals surface area contributed by atoms with Crippen molar-refractivity contribution in [2.45, 2.75) is 39.2 Å². The quantitative estimate of drug-likeness (QED) is 0.662. The predicted octanol–water partition coefficient (Wildman–Crippen LogP) is 1.02. The number of aliphatic hydroxyl groups is 1. The molecule has 76 valence electrons. The average Bonchev–Trinajstić information content (AvgIpc) is 2.28. The fourth-order valence-corrected chi connectivity index (χ4v) is 1.82. The third-order valence-electron chi connectivity index (χ3n) is 2.58. The molecule has 0 saturated carbocycles. The fraction of sp³-hybridized carbons (Fsp3) is 0.900. The van der Waals surface area contributed by atoms with Gasteiger partial charge >= 0.3 is 0 Å². The van der Waals surface area contributed by atoms with E-state index in [0.29, 0.717) is 5.92 Å². The van der Waals surface area contributed by atoms with E-state index in [1.165, 1.54) is 19.8 Å². The van der Waals surface area contributed by atoms with Crippen LogP contribution in [0, 0.1) is 5.92 Å². The van der Waals surface area contributed by atoms with Crippen LogP contribution < -0.4 is 0 Å². The summed E-state index contributed by atoms with van der Waals surface area (Å²) in [6, 6.07) is 0. The normalized spacial score (nSPS) is 26.7. The molecule has 0 spiro atoms. The molecule has 0 radical (unpaired) electrons. The minimum Gasteiger partial charge on any atom is -0.384 e. The molecule has 1 aliphatic rings. The molecule has 1 heterocycles. The predicted molar refractivity (Wildman–Crippen MR) is 51.3 cm³/mol. The Morgan fingerprint density at radius 2 is 2.23 bits per heavy atom. The lowest BCUT2D eigenvalue weighted by Crippen LogP contribution is -2.39. The molecule has 13 heavy (non-hydrogen) atoms. The molecule has 1 N–H and O–H groups in total. The van der Waals surface area contributed by atoms with E-state index < -0.39 is 6.10 Å². The van der Waals surface area contributed by atoms with Gasteiger partial charge in [-0.05, 0) is 25.7 Å². The van der Waals surface area contributed by atoms with Crippen LogP contribution in [0.2, 0.25) is 0 Å². The number of likely N-dealkylation sites (tertiary alicyclic amines) is 1. The molecule has 1 unspecified atom stereocenters. The Bertz CT molecular complexity index is 180. The highest BCUT2D eigenvalue weighted by Gasteiger charge is 2.21. The zero-order valence-electron chi connectivity index (χ0n) is 8.49. The first-order valence-electron chi connectivity index (χ1n) is 5.08. The lowest BCUT2D eigenvalue weighted by Gasteiger charge is -2.23. The minimum absolute atomic E-state index is 0.117. The van der Waals surface area contributed by atoms with Gasteiger partial charge in [-0.2, -0.15) is 0 Å². The minimum atomic E-state index is -0.842. The zero-order chi connectivity index (χ0) is 9.84. The maximum absolute atomic E-state index is 11.5. The third-order valence-corrected chi connectivity index (χ3v) is 2.58. The van der Waals surface area contributed by atoms with Crippen LogP contribution in [0.3, 0.4) is 0 Å². The Hall–Kier alpha value is -0.570. The number of nitrogens with zero attached hydrogens (tertiary/aromatic N) is 1. The summed E-state index contributed by atoms with van der Waals surface area (Å²) in [6.45, 7) is 5.32. The van der Waals surface area contributed by atoms with E-state index in [9.17, 15) is 4.79 Å². The second kappa shape index (κ2) is 4.61. The van der Waals surface area contributed by atoms with Crippen molar-refractivity contribution in [3.8, 4) is 0 Å². The molecule has 0 bridgehead atoms. The van der Waals surface area contributed by atoms with Crippen molar-refractivity contribution in [3.05, 3.63) is 0 Å². The molecule has 1 aliphatic heterocycles. The summed E-state index contributed by atoms with van der Waals surface area (Å²) in [7, 11) is 0. The van der Waals surface area contributed by atoms with Gasteiger partial charge in [-0.3, -0.25) is 4.79 Å². The monoisotopic (exact) mass is 185 g/mol. The maximum atomic E-state index is 11.5. The first-order valence-corrected chi connectivity index (χ1v) is 5.08. The van der Waals surface area contributed by atoms with Crippen LogP contribution in [-0.4, -0.2) is 35.1 Å². The van der Waals surface area contributed by atoms with Crippen LogP contribution in [-0.2, 0) is 4.79 Å². The van der Waals surface area contributed by atoms with Gasteiger partial charge in [-0.15, -0.1) is 0 Å². The van der Waals surface area contributed by atoms with Crippen LogP contribution in [0.25, 0.3) is 0 Å². The number of aliphatic hydroxyl groups excluding tert-OH is 1. The van der Waals surface area contributed by atoms with E-state index in [1.54, 1.807) is 4.90 Å². The fourth-order valence-electron chi connectivity index (χ4n) is 1.82. The molecule has 0 aromatic rings. The number of amides is 1. The molecular weight excluding hydrogens is 166 g/mol. The molecule has 0 aliphatic carbocycles. The Balaban J connectivity index is 2.52. The first-order chi connectivity index (χ1) is 6.11. The molecular formula is C10H19NO2. The van der Waals surface area contributed by atoms with Crippen LogP contribution >= 0.6 is 0 Å². The highest BCUT2D eigenvalue weighted by molar-refractivity contribution is 5.80. The van der Waals surface area contributed by atoms with E-state index in [1.807, 2.05) is 0 Å². The number of hydrogen-bond acceptors (Lipinski definition) is 2. The highest BCUT2D eigenvalue weighted by atomic mass is 16.3. The van der Waals surface area contributed by atoms with Gasteiger partial charge in [0.05, 0.1) is 0 Å². The SMILES string of the molecule is CC1CCCCN(C(=O)[C@H](C)O)C1. The molecule has 1 fully saturated rings. The summed E-state index contributed by atoms with van der Waals surface area (Å²) in [5.74, 6) is 0.457. The lowest BCUT2D eigenvalue weighted by molar-refractivity contribution is -0.139. The van der Waals surface area contributed by atoms with E-state index in [2.05, 4.69) is 6.92 Å². The summed E-state index contributed by atoms with van der Waals surface area (Å²) in [5, 5.41) is 9.16. The zero-order valence-corrected chi connectivity index (χ0v) is 8.49.